The highest BCUT2D eigenvalue weighted by molar-refractivity contribution is 5.12. The second-order valence-electron chi connectivity index (χ2n) is 5.97. The zero-order chi connectivity index (χ0) is 12.2. The van der Waals surface area contributed by atoms with Crippen LogP contribution in [0.1, 0.15) is 70.6 Å². The van der Waals surface area contributed by atoms with Gasteiger partial charge in [0.1, 0.15) is 6.42 Å². The molecule has 0 heterocycles. The molecule has 2 aliphatic rings. The highest BCUT2D eigenvalue weighted by atomic mass is 14.9. The molecule has 2 aliphatic carbocycles. The normalized spacial score (nSPS) is 26.7. The summed E-state index contributed by atoms with van der Waals surface area (Å²) in [5, 5.41) is 0. The summed E-state index contributed by atoms with van der Waals surface area (Å²) in [5.41, 5.74) is -0.361. The lowest BCUT2D eigenvalue weighted by Crippen LogP contribution is -2.40. The van der Waals surface area contributed by atoms with E-state index in [2.05, 4.69) is 9.69 Å². The molecular formula is C15H22N2. The molecule has 2 saturated carbocycles. The Morgan fingerprint density at radius 3 is 1.29 bits per heavy atom. The third-order valence-corrected chi connectivity index (χ3v) is 4.70. The molecule has 2 fully saturated rings. The molecule has 0 atom stereocenters. The Morgan fingerprint density at radius 1 is 0.647 bits per heavy atom. The Morgan fingerprint density at radius 2 is 1.00 bits per heavy atom. The summed E-state index contributed by atoms with van der Waals surface area (Å²) in [4.78, 5) is 7.95. The van der Waals surface area contributed by atoms with E-state index >= 15 is 0 Å². The fraction of sp³-hybridized carbons (Fsp3) is 0.867. The van der Waals surface area contributed by atoms with E-state index in [-0.39, 0.29) is 11.1 Å². The fourth-order valence-corrected chi connectivity index (χ4v) is 3.69. The van der Waals surface area contributed by atoms with Crippen molar-refractivity contribution in [2.24, 2.45) is 0 Å². The molecule has 0 unspecified atom stereocenters. The molecular weight excluding hydrogens is 208 g/mol. The highest BCUT2D eigenvalue weighted by Crippen LogP contribution is 2.44. The Hall–Kier alpha value is -1.02. The van der Waals surface area contributed by atoms with E-state index in [0.717, 1.165) is 32.1 Å². The minimum absolute atomic E-state index is 0.180. The fourth-order valence-electron chi connectivity index (χ4n) is 3.69. The predicted molar refractivity (Wildman–Crippen MR) is 69.5 cm³/mol. The molecule has 0 aliphatic heterocycles. The monoisotopic (exact) mass is 230 g/mol. The van der Waals surface area contributed by atoms with E-state index in [1.807, 2.05) is 0 Å². The standard InChI is InChI=1S/C15H22N2/c1-16-14(9-5-3-6-10-14)13-15(17-2)11-7-4-8-12-15/h3-13H2. The molecule has 0 aromatic rings. The van der Waals surface area contributed by atoms with Gasteiger partial charge in [-0.2, -0.15) is 0 Å². The third-order valence-electron chi connectivity index (χ3n) is 4.70. The van der Waals surface area contributed by atoms with Crippen LogP contribution in [0.15, 0.2) is 0 Å². The van der Waals surface area contributed by atoms with Crippen molar-refractivity contribution in [3.05, 3.63) is 22.8 Å². The highest BCUT2D eigenvalue weighted by Gasteiger charge is 2.51. The minimum atomic E-state index is -0.180. The summed E-state index contributed by atoms with van der Waals surface area (Å²) in [6, 6.07) is 0. The lowest BCUT2D eigenvalue weighted by atomic mass is 9.69. The number of rotatable bonds is 2. The smallest absolute Gasteiger partial charge is 0.240 e. The van der Waals surface area contributed by atoms with Crippen molar-refractivity contribution in [3.8, 4) is 0 Å². The summed E-state index contributed by atoms with van der Waals surface area (Å²) < 4.78 is 0. The van der Waals surface area contributed by atoms with Crippen LogP contribution in [0.3, 0.4) is 0 Å². The van der Waals surface area contributed by atoms with Gasteiger partial charge in [-0.1, -0.05) is 12.8 Å². The molecule has 0 N–H and O–H groups in total. The van der Waals surface area contributed by atoms with Gasteiger partial charge in [0.2, 0.25) is 11.1 Å². The first-order chi connectivity index (χ1) is 8.24. The van der Waals surface area contributed by atoms with Gasteiger partial charge in [0.15, 0.2) is 0 Å². The topological polar surface area (TPSA) is 8.72 Å². The zero-order valence-corrected chi connectivity index (χ0v) is 10.7. The first kappa shape index (κ1) is 12.4. The van der Waals surface area contributed by atoms with Crippen LogP contribution in [-0.4, -0.2) is 11.1 Å². The van der Waals surface area contributed by atoms with Crippen molar-refractivity contribution in [1.82, 2.24) is 0 Å². The lowest BCUT2D eigenvalue weighted by Gasteiger charge is -2.33. The van der Waals surface area contributed by atoms with Crippen LogP contribution < -0.4 is 0 Å². The van der Waals surface area contributed by atoms with Crippen LogP contribution in [-0.2, 0) is 0 Å². The van der Waals surface area contributed by atoms with Gasteiger partial charge in [0.25, 0.3) is 0 Å². The summed E-state index contributed by atoms with van der Waals surface area (Å²) >= 11 is 0. The summed E-state index contributed by atoms with van der Waals surface area (Å²) in [7, 11) is 0. The molecule has 0 saturated heterocycles. The van der Waals surface area contributed by atoms with Gasteiger partial charge in [-0.15, -0.1) is 0 Å². The Kier molecular flexibility index (Phi) is 3.72. The van der Waals surface area contributed by atoms with Crippen molar-refractivity contribution in [3.63, 3.8) is 0 Å². The quantitative estimate of drug-likeness (QED) is 0.612. The molecule has 2 rings (SSSR count). The molecule has 0 amide bonds. The molecule has 0 radical (unpaired) electrons. The average molecular weight is 230 g/mol. The van der Waals surface area contributed by atoms with E-state index in [0.29, 0.717) is 0 Å². The molecule has 0 aromatic carbocycles. The largest absolute Gasteiger partial charge is 0.310 e. The third kappa shape index (κ3) is 2.63. The van der Waals surface area contributed by atoms with E-state index in [4.69, 9.17) is 13.1 Å². The molecule has 17 heavy (non-hydrogen) atoms. The maximum Gasteiger partial charge on any atom is 0.240 e. The van der Waals surface area contributed by atoms with Gasteiger partial charge in [0.05, 0.1) is 0 Å². The van der Waals surface area contributed by atoms with Gasteiger partial charge in [-0.3, -0.25) is 0 Å². The molecule has 2 nitrogen and oxygen atoms in total. The second-order valence-corrected chi connectivity index (χ2v) is 5.97. The summed E-state index contributed by atoms with van der Waals surface area (Å²) in [6.07, 6.45) is 12.3. The van der Waals surface area contributed by atoms with Gasteiger partial charge in [-0.05, 0) is 25.7 Å². The Balaban J connectivity index is 2.11. The summed E-state index contributed by atoms with van der Waals surface area (Å²) in [6.45, 7) is 15.1. The predicted octanol–water partition coefficient (Wildman–Crippen LogP) is 4.62. The van der Waals surface area contributed by atoms with Gasteiger partial charge < -0.3 is 9.69 Å². The number of nitrogens with zero attached hydrogens (tertiary/aromatic N) is 2. The minimum Gasteiger partial charge on any atom is -0.310 e. The molecule has 0 bridgehead atoms. The van der Waals surface area contributed by atoms with Crippen molar-refractivity contribution in [1.29, 1.82) is 0 Å². The first-order valence-electron chi connectivity index (χ1n) is 7.02. The molecule has 0 aromatic heterocycles. The van der Waals surface area contributed by atoms with Crippen LogP contribution in [0.2, 0.25) is 0 Å². The number of hydrogen-bond donors (Lipinski definition) is 0. The van der Waals surface area contributed by atoms with Crippen molar-refractivity contribution in [2.75, 3.05) is 0 Å². The van der Waals surface area contributed by atoms with Crippen LogP contribution in [0.5, 0.6) is 0 Å². The van der Waals surface area contributed by atoms with Crippen LogP contribution in [0.25, 0.3) is 9.69 Å². The van der Waals surface area contributed by atoms with E-state index in [1.54, 1.807) is 0 Å². The van der Waals surface area contributed by atoms with Crippen LogP contribution >= 0.6 is 0 Å². The Bertz CT molecular complexity index is 299. The Labute approximate surface area is 105 Å². The van der Waals surface area contributed by atoms with E-state index in [1.165, 1.54) is 38.5 Å². The van der Waals surface area contributed by atoms with Crippen LogP contribution in [0, 0.1) is 13.1 Å². The lowest BCUT2D eigenvalue weighted by molar-refractivity contribution is 0.233. The average Bonchev–Trinajstić information content (AvgIpc) is 2.41. The maximum atomic E-state index is 7.55. The maximum absolute atomic E-state index is 7.55. The SMILES string of the molecule is [C-]#[N+]C1(CC2([N+]#[C-])CCCCC2)CCCCC1. The van der Waals surface area contributed by atoms with Gasteiger partial charge in [0, 0.05) is 25.7 Å². The molecule has 0 spiro atoms. The van der Waals surface area contributed by atoms with Crippen LogP contribution in [0.4, 0.5) is 0 Å². The second kappa shape index (κ2) is 5.09. The first-order valence-corrected chi connectivity index (χ1v) is 7.02. The van der Waals surface area contributed by atoms with Gasteiger partial charge >= 0.3 is 0 Å². The summed E-state index contributed by atoms with van der Waals surface area (Å²) in [5.74, 6) is 0. The van der Waals surface area contributed by atoms with Gasteiger partial charge in [-0.25, -0.2) is 13.1 Å². The zero-order valence-electron chi connectivity index (χ0n) is 10.7. The molecule has 2 heteroatoms. The molecule has 92 valence electrons. The van der Waals surface area contributed by atoms with Crippen molar-refractivity contribution < 1.29 is 0 Å². The number of hydrogen-bond acceptors (Lipinski definition) is 0. The van der Waals surface area contributed by atoms with Crippen molar-refractivity contribution in [2.45, 2.75) is 81.7 Å². The van der Waals surface area contributed by atoms with E-state index in [9.17, 15) is 0 Å². The van der Waals surface area contributed by atoms with Crippen molar-refractivity contribution >= 4 is 0 Å². The van der Waals surface area contributed by atoms with E-state index < -0.39 is 0 Å².